The molecule has 2 fully saturated rings. The van der Waals surface area contributed by atoms with Crippen molar-refractivity contribution in [3.05, 3.63) is 108 Å². The van der Waals surface area contributed by atoms with Gasteiger partial charge in [-0.2, -0.15) is 21.6 Å². The van der Waals surface area contributed by atoms with Crippen molar-refractivity contribution in [2.75, 3.05) is 6.61 Å². The fraction of sp³-hybridized carbons (Fsp3) is 0.357. The third-order valence-corrected chi connectivity index (χ3v) is 7.66. The van der Waals surface area contributed by atoms with Crippen molar-refractivity contribution in [3.63, 3.8) is 0 Å². The molecular weight excluding hydrogens is 537 g/mol. The molecule has 3 aromatic carbocycles. The Bertz CT molecular complexity index is 1270. The Kier molecular flexibility index (Phi) is 7.34. The first-order chi connectivity index (χ1) is 18.4. The highest BCUT2D eigenvalue weighted by Crippen LogP contribution is 2.44. The first-order valence-corrected chi connectivity index (χ1v) is 13.6. The molecule has 3 aromatic rings. The van der Waals surface area contributed by atoms with Crippen LogP contribution in [0, 0.1) is 0 Å². The van der Waals surface area contributed by atoms with E-state index in [1.54, 1.807) is 13.8 Å². The summed E-state index contributed by atoms with van der Waals surface area (Å²) in [6, 6.07) is 27.9. The van der Waals surface area contributed by atoms with E-state index in [0.717, 1.165) is 16.7 Å². The molecule has 0 bridgehead atoms. The maximum Gasteiger partial charge on any atom is 0.523 e. The van der Waals surface area contributed by atoms with Crippen molar-refractivity contribution in [2.45, 2.75) is 55.3 Å². The van der Waals surface area contributed by atoms with E-state index in [1.165, 1.54) is 0 Å². The van der Waals surface area contributed by atoms with Crippen LogP contribution in [0.5, 0.6) is 0 Å². The zero-order chi connectivity index (χ0) is 27.9. The minimum Gasteiger partial charge on any atom is -0.358 e. The van der Waals surface area contributed by atoms with Crippen LogP contribution < -0.4 is 0 Å². The molecule has 0 spiro atoms. The van der Waals surface area contributed by atoms with E-state index in [2.05, 4.69) is 0 Å². The fourth-order valence-corrected chi connectivity index (χ4v) is 5.61. The predicted octanol–water partition coefficient (Wildman–Crippen LogP) is 5.11. The first kappa shape index (κ1) is 27.8. The average Bonchev–Trinajstić information content (AvgIpc) is 3.37. The van der Waals surface area contributed by atoms with Crippen LogP contribution in [0.2, 0.25) is 0 Å². The smallest absolute Gasteiger partial charge is 0.358 e. The third-order valence-electron chi connectivity index (χ3n) is 6.61. The molecule has 4 atom stereocenters. The second-order valence-electron chi connectivity index (χ2n) is 9.69. The molecule has 39 heavy (non-hydrogen) atoms. The van der Waals surface area contributed by atoms with Crippen LogP contribution in [0.3, 0.4) is 0 Å². The van der Waals surface area contributed by atoms with Crippen LogP contribution in [0.25, 0.3) is 0 Å². The molecule has 7 nitrogen and oxygen atoms in total. The van der Waals surface area contributed by atoms with Gasteiger partial charge in [-0.25, -0.2) is 0 Å². The fourth-order valence-electron chi connectivity index (χ4n) is 4.97. The molecule has 0 N–H and O–H groups in total. The van der Waals surface area contributed by atoms with Gasteiger partial charge in [-0.1, -0.05) is 91.0 Å². The summed E-state index contributed by atoms with van der Waals surface area (Å²) < 4.78 is 92.5. The van der Waals surface area contributed by atoms with Gasteiger partial charge < -0.3 is 18.9 Å². The van der Waals surface area contributed by atoms with Crippen molar-refractivity contribution < 1.29 is 44.7 Å². The Labute approximate surface area is 224 Å². The highest BCUT2D eigenvalue weighted by atomic mass is 32.2. The van der Waals surface area contributed by atoms with E-state index in [0.29, 0.717) is 0 Å². The standard InChI is InChI=1S/C28H27F3O7S/c1-26(2)36-24-23(38-39(32,33)28(29,30)31)22(35-25(24)37-26)18-34-27(19-12-6-3-7-13-19,20-14-8-4-9-15-20)21-16-10-5-11-17-21/h3-17,22-25H,18H2,1-2H3/t22-,23+,24+,25?/m1/s1. The summed E-state index contributed by atoms with van der Waals surface area (Å²) in [6.45, 7) is 2.73. The summed E-state index contributed by atoms with van der Waals surface area (Å²) in [5.41, 5.74) is -4.62. The van der Waals surface area contributed by atoms with Crippen molar-refractivity contribution in [1.29, 1.82) is 0 Å². The van der Waals surface area contributed by atoms with Gasteiger partial charge in [0.15, 0.2) is 12.1 Å². The molecule has 2 aliphatic heterocycles. The summed E-state index contributed by atoms with van der Waals surface area (Å²) in [5, 5.41) is 0. The lowest BCUT2D eigenvalue weighted by Gasteiger charge is -2.37. The number of halogens is 3. The maximum atomic E-state index is 13.3. The van der Waals surface area contributed by atoms with Crippen molar-refractivity contribution in [2.24, 2.45) is 0 Å². The van der Waals surface area contributed by atoms with E-state index in [9.17, 15) is 21.6 Å². The summed E-state index contributed by atoms with van der Waals surface area (Å²) in [4.78, 5) is 0. The molecule has 2 saturated heterocycles. The Morgan fingerprint density at radius 1 is 0.795 bits per heavy atom. The number of benzene rings is 3. The van der Waals surface area contributed by atoms with Gasteiger partial charge in [0.1, 0.15) is 23.9 Å². The molecule has 0 radical (unpaired) electrons. The molecule has 0 saturated carbocycles. The van der Waals surface area contributed by atoms with Gasteiger partial charge in [0.2, 0.25) is 0 Å². The van der Waals surface area contributed by atoms with Gasteiger partial charge >= 0.3 is 15.6 Å². The number of fused-ring (bicyclic) bond motifs is 1. The number of rotatable bonds is 8. The van der Waals surface area contributed by atoms with Crippen LogP contribution in [0.1, 0.15) is 30.5 Å². The molecular formula is C28H27F3O7S. The van der Waals surface area contributed by atoms with E-state index < -0.39 is 51.6 Å². The largest absolute Gasteiger partial charge is 0.523 e. The molecule has 11 heteroatoms. The lowest BCUT2D eigenvalue weighted by atomic mass is 9.80. The zero-order valence-electron chi connectivity index (χ0n) is 21.1. The number of hydrogen-bond acceptors (Lipinski definition) is 7. The van der Waals surface area contributed by atoms with Crippen LogP contribution >= 0.6 is 0 Å². The maximum absolute atomic E-state index is 13.3. The lowest BCUT2D eigenvalue weighted by Crippen LogP contribution is -2.44. The Balaban J connectivity index is 1.55. The SMILES string of the molecule is CC1(C)OC2O[C@H](COC(c3ccccc3)(c3ccccc3)c3ccccc3)[C@H](OS(=O)(=O)C(F)(F)F)[C@@H]2O1. The normalized spacial score (nSPS) is 24.9. The second kappa shape index (κ2) is 10.3. The molecule has 2 heterocycles. The topological polar surface area (TPSA) is 80.3 Å². The third kappa shape index (κ3) is 5.34. The molecule has 1 unspecified atom stereocenters. The highest BCUT2D eigenvalue weighted by Gasteiger charge is 2.60. The van der Waals surface area contributed by atoms with Gasteiger partial charge in [0, 0.05) is 0 Å². The van der Waals surface area contributed by atoms with Crippen molar-refractivity contribution in [1.82, 2.24) is 0 Å². The van der Waals surface area contributed by atoms with Gasteiger partial charge in [-0.15, -0.1) is 0 Å². The summed E-state index contributed by atoms with van der Waals surface area (Å²) in [5.74, 6) is -1.22. The monoisotopic (exact) mass is 564 g/mol. The summed E-state index contributed by atoms with van der Waals surface area (Å²) in [6.07, 6.45) is -5.33. The molecule has 0 aromatic heterocycles. The zero-order valence-corrected chi connectivity index (χ0v) is 21.9. The quantitative estimate of drug-likeness (QED) is 0.214. The predicted molar refractivity (Wildman–Crippen MR) is 134 cm³/mol. The number of alkyl halides is 3. The average molecular weight is 565 g/mol. The van der Waals surface area contributed by atoms with E-state index >= 15 is 0 Å². The van der Waals surface area contributed by atoms with Gasteiger partial charge in [-0.05, 0) is 30.5 Å². The van der Waals surface area contributed by atoms with Gasteiger partial charge in [0.05, 0.1) is 6.61 Å². The van der Waals surface area contributed by atoms with E-state index in [4.69, 9.17) is 23.1 Å². The van der Waals surface area contributed by atoms with Crippen molar-refractivity contribution in [3.8, 4) is 0 Å². The lowest BCUT2D eigenvalue weighted by molar-refractivity contribution is -0.221. The Morgan fingerprint density at radius 3 is 1.69 bits per heavy atom. The second-order valence-corrected chi connectivity index (χ2v) is 11.3. The number of hydrogen-bond donors (Lipinski definition) is 0. The first-order valence-electron chi connectivity index (χ1n) is 12.2. The van der Waals surface area contributed by atoms with Crippen LogP contribution in [-0.4, -0.2) is 50.9 Å². The van der Waals surface area contributed by atoms with E-state index in [-0.39, 0.29) is 6.61 Å². The van der Waals surface area contributed by atoms with Gasteiger partial charge in [0.25, 0.3) is 0 Å². The molecule has 5 rings (SSSR count). The Morgan fingerprint density at radius 2 is 1.26 bits per heavy atom. The highest BCUT2D eigenvalue weighted by molar-refractivity contribution is 7.87. The minimum absolute atomic E-state index is 0.350. The molecule has 208 valence electrons. The van der Waals surface area contributed by atoms with Crippen LogP contribution in [-0.2, 0) is 38.8 Å². The molecule has 0 aliphatic carbocycles. The molecule has 2 aliphatic rings. The number of ether oxygens (including phenoxy) is 4. The minimum atomic E-state index is -5.97. The van der Waals surface area contributed by atoms with Gasteiger partial charge in [-0.3, -0.25) is 4.18 Å². The van der Waals surface area contributed by atoms with Crippen molar-refractivity contribution >= 4 is 10.1 Å². The van der Waals surface area contributed by atoms with Crippen LogP contribution in [0.15, 0.2) is 91.0 Å². The van der Waals surface area contributed by atoms with E-state index in [1.807, 2.05) is 91.0 Å². The molecule has 0 amide bonds. The van der Waals surface area contributed by atoms with Crippen LogP contribution in [0.4, 0.5) is 13.2 Å². The summed E-state index contributed by atoms with van der Waals surface area (Å²) in [7, 11) is -5.97. The Hall–Kier alpha value is -2.80. The summed E-state index contributed by atoms with van der Waals surface area (Å²) >= 11 is 0.